The molecule has 0 N–H and O–H groups in total. The summed E-state index contributed by atoms with van der Waals surface area (Å²) >= 11 is 0. The zero-order chi connectivity index (χ0) is 22.3. The Morgan fingerprint density at radius 2 is 1.61 bits per heavy atom. The fourth-order valence-corrected chi connectivity index (χ4v) is 5.82. The van der Waals surface area contributed by atoms with E-state index >= 15 is 0 Å². The summed E-state index contributed by atoms with van der Waals surface area (Å²) in [5, 5.41) is -0.772. The smallest absolute Gasteiger partial charge is 0.399 e. The minimum atomic E-state index is -5.28. The predicted octanol–water partition coefficient (Wildman–Crippen LogP) is 8.26. The maximum absolute atomic E-state index is 14.8. The lowest BCUT2D eigenvalue weighted by Crippen LogP contribution is -2.30. The van der Waals surface area contributed by atoms with Crippen LogP contribution in [0.25, 0.3) is 10.8 Å². The van der Waals surface area contributed by atoms with Gasteiger partial charge < -0.3 is 4.74 Å². The highest BCUT2D eigenvalue weighted by atomic mass is 19.4. The molecule has 170 valence electrons. The first kappa shape index (κ1) is 22.3. The highest BCUT2D eigenvalue weighted by Crippen LogP contribution is 2.49. The molecule has 0 spiro atoms. The second kappa shape index (κ2) is 8.55. The summed E-state index contributed by atoms with van der Waals surface area (Å²) in [4.78, 5) is 0. The lowest BCUT2D eigenvalue weighted by atomic mass is 9.63. The van der Waals surface area contributed by atoms with Crippen molar-refractivity contribution in [3.63, 3.8) is 0 Å². The van der Waals surface area contributed by atoms with Crippen molar-refractivity contribution in [2.75, 3.05) is 0 Å². The summed E-state index contributed by atoms with van der Waals surface area (Å²) in [7, 11) is 0. The molecule has 0 aliphatic heterocycles. The number of fused-ring (bicyclic) bond motifs is 2. The fourth-order valence-electron chi connectivity index (χ4n) is 5.82. The molecule has 2 aromatic rings. The third-order valence-corrected chi connectivity index (χ3v) is 7.17. The summed E-state index contributed by atoms with van der Waals surface area (Å²) in [5.74, 6) is -3.67. The van der Waals surface area contributed by atoms with Crippen molar-refractivity contribution < 1.29 is 31.1 Å². The van der Waals surface area contributed by atoms with Gasteiger partial charge in [-0.25, -0.2) is 13.2 Å². The maximum Gasteiger partial charge on any atom is 0.573 e. The normalized spacial score (nSPS) is 26.7. The molecule has 2 unspecified atom stereocenters. The SMILES string of the molecule is CCC[C@@H]1CC[C@@H]2CC(c3cc(F)c4c(F)c(OC(F)(F)F)c(F)cc4c3)CCC2C1. The third kappa shape index (κ3) is 4.65. The van der Waals surface area contributed by atoms with Crippen molar-refractivity contribution in [1.29, 1.82) is 0 Å². The van der Waals surface area contributed by atoms with Gasteiger partial charge in [0.15, 0.2) is 11.6 Å². The molecule has 0 amide bonds. The van der Waals surface area contributed by atoms with Crippen LogP contribution in [0.15, 0.2) is 18.2 Å². The summed E-state index contributed by atoms with van der Waals surface area (Å²) in [6, 6.07) is 3.41. The van der Waals surface area contributed by atoms with Gasteiger partial charge in [-0.1, -0.05) is 32.3 Å². The Labute approximate surface area is 177 Å². The number of hydrogen-bond donors (Lipinski definition) is 0. The fraction of sp³-hybridized carbons (Fsp3) is 0.583. The molecule has 2 fully saturated rings. The molecule has 1 nitrogen and oxygen atoms in total. The third-order valence-electron chi connectivity index (χ3n) is 7.17. The lowest BCUT2D eigenvalue weighted by Gasteiger charge is -2.42. The number of hydrogen-bond acceptors (Lipinski definition) is 1. The average molecular weight is 444 g/mol. The number of ether oxygens (including phenoxy) is 1. The summed E-state index contributed by atoms with van der Waals surface area (Å²) < 4.78 is 84.3. The van der Waals surface area contributed by atoms with Crippen molar-refractivity contribution in [3.05, 3.63) is 41.2 Å². The molecule has 0 saturated heterocycles. The predicted molar refractivity (Wildman–Crippen MR) is 106 cm³/mol. The van der Waals surface area contributed by atoms with Crippen LogP contribution in [0.5, 0.6) is 5.75 Å². The molecule has 31 heavy (non-hydrogen) atoms. The van der Waals surface area contributed by atoms with Gasteiger partial charge in [-0.15, -0.1) is 13.2 Å². The van der Waals surface area contributed by atoms with Crippen LogP contribution in [0.4, 0.5) is 26.3 Å². The van der Waals surface area contributed by atoms with Crippen molar-refractivity contribution in [1.82, 2.24) is 0 Å². The Morgan fingerprint density at radius 3 is 2.32 bits per heavy atom. The Kier molecular flexibility index (Phi) is 6.14. The van der Waals surface area contributed by atoms with Crippen LogP contribution in [0.2, 0.25) is 0 Å². The monoisotopic (exact) mass is 444 g/mol. The minimum Gasteiger partial charge on any atom is -0.399 e. The molecule has 4 atom stereocenters. The van der Waals surface area contributed by atoms with Crippen molar-refractivity contribution >= 4 is 10.8 Å². The first-order chi connectivity index (χ1) is 14.7. The largest absolute Gasteiger partial charge is 0.573 e. The van der Waals surface area contributed by atoms with Crippen LogP contribution < -0.4 is 4.74 Å². The number of rotatable bonds is 4. The molecular formula is C24H26F6O. The van der Waals surface area contributed by atoms with Crippen LogP contribution in [0.1, 0.15) is 69.8 Å². The molecular weight excluding hydrogens is 418 g/mol. The molecule has 0 bridgehead atoms. The van der Waals surface area contributed by atoms with Gasteiger partial charge in [-0.05, 0) is 78.9 Å². The molecule has 0 aromatic heterocycles. The minimum absolute atomic E-state index is 0.0834. The van der Waals surface area contributed by atoms with E-state index in [0.29, 0.717) is 23.5 Å². The molecule has 2 aliphatic carbocycles. The van der Waals surface area contributed by atoms with Gasteiger partial charge in [-0.2, -0.15) is 0 Å². The Morgan fingerprint density at radius 1 is 0.903 bits per heavy atom. The van der Waals surface area contributed by atoms with E-state index in [-0.39, 0.29) is 11.3 Å². The molecule has 2 aromatic carbocycles. The number of halogens is 6. The first-order valence-corrected chi connectivity index (χ1v) is 11.0. The standard InChI is InChI=1S/C24H26F6O/c1-2-3-13-4-5-15-9-16(7-6-14(15)8-13)17-10-18-12-20(26)23(31-24(28,29)30)22(27)21(18)19(25)11-17/h10-16H,2-9H2,1H3/t13-,14?,15-,16?/m1/s1. The molecule has 0 heterocycles. The quantitative estimate of drug-likeness (QED) is 0.431. The second-order valence-electron chi connectivity index (χ2n) is 9.15. The second-order valence-corrected chi connectivity index (χ2v) is 9.15. The highest BCUT2D eigenvalue weighted by Gasteiger charge is 2.37. The van der Waals surface area contributed by atoms with Gasteiger partial charge in [0.05, 0.1) is 5.39 Å². The summed E-state index contributed by atoms with van der Waals surface area (Å²) in [6.45, 7) is 2.21. The van der Waals surface area contributed by atoms with Gasteiger partial charge in [0.25, 0.3) is 0 Å². The maximum atomic E-state index is 14.8. The van der Waals surface area contributed by atoms with Crippen molar-refractivity contribution in [2.45, 2.75) is 70.6 Å². The van der Waals surface area contributed by atoms with Crippen LogP contribution in [-0.2, 0) is 0 Å². The zero-order valence-corrected chi connectivity index (χ0v) is 17.4. The summed E-state index contributed by atoms with van der Waals surface area (Å²) in [5.41, 5.74) is 0.655. The first-order valence-electron chi connectivity index (χ1n) is 11.0. The Hall–Kier alpha value is -1.92. The molecule has 7 heteroatoms. The van der Waals surface area contributed by atoms with E-state index < -0.39 is 34.9 Å². The molecule has 2 aliphatic rings. The van der Waals surface area contributed by atoms with Gasteiger partial charge in [0.2, 0.25) is 5.75 Å². The molecule has 4 rings (SSSR count). The topological polar surface area (TPSA) is 9.23 Å². The summed E-state index contributed by atoms with van der Waals surface area (Å²) in [6.07, 6.45) is 3.64. The van der Waals surface area contributed by atoms with Crippen LogP contribution >= 0.6 is 0 Å². The number of alkyl halides is 3. The number of benzene rings is 2. The molecule has 2 saturated carbocycles. The van der Waals surface area contributed by atoms with E-state index in [9.17, 15) is 26.3 Å². The van der Waals surface area contributed by atoms with Crippen molar-refractivity contribution in [3.8, 4) is 5.75 Å². The van der Waals surface area contributed by atoms with Gasteiger partial charge in [0.1, 0.15) is 5.82 Å². The molecule has 0 radical (unpaired) electrons. The average Bonchev–Trinajstić information content (AvgIpc) is 2.69. The van der Waals surface area contributed by atoms with Crippen molar-refractivity contribution in [2.24, 2.45) is 17.8 Å². The van der Waals surface area contributed by atoms with Crippen LogP contribution in [0, 0.1) is 35.2 Å². The lowest BCUT2D eigenvalue weighted by molar-refractivity contribution is -0.276. The van der Waals surface area contributed by atoms with Crippen LogP contribution in [-0.4, -0.2) is 6.36 Å². The van der Waals surface area contributed by atoms with E-state index in [1.54, 1.807) is 0 Å². The van der Waals surface area contributed by atoms with Gasteiger partial charge in [0, 0.05) is 0 Å². The van der Waals surface area contributed by atoms with E-state index in [1.165, 1.54) is 37.8 Å². The zero-order valence-electron chi connectivity index (χ0n) is 17.4. The van der Waals surface area contributed by atoms with Gasteiger partial charge in [-0.3, -0.25) is 0 Å². The van der Waals surface area contributed by atoms with E-state index in [0.717, 1.165) is 31.6 Å². The van der Waals surface area contributed by atoms with E-state index in [4.69, 9.17) is 0 Å². The van der Waals surface area contributed by atoms with Crippen LogP contribution in [0.3, 0.4) is 0 Å². The highest BCUT2D eigenvalue weighted by molar-refractivity contribution is 5.86. The Bertz CT molecular complexity index is 953. The Balaban J connectivity index is 1.59. The van der Waals surface area contributed by atoms with Gasteiger partial charge >= 0.3 is 6.36 Å². The van der Waals surface area contributed by atoms with E-state index in [2.05, 4.69) is 11.7 Å². The van der Waals surface area contributed by atoms with E-state index in [1.807, 2.05) is 0 Å².